The summed E-state index contributed by atoms with van der Waals surface area (Å²) in [5, 5.41) is 13.6. The van der Waals surface area contributed by atoms with Gasteiger partial charge in [-0.2, -0.15) is 10.4 Å². The van der Waals surface area contributed by atoms with Gasteiger partial charge in [0.05, 0.1) is 25.3 Å². The van der Waals surface area contributed by atoms with Crippen LogP contribution in [0, 0.1) is 17.2 Å². The number of likely N-dealkylation sites (N-methyl/N-ethyl adjacent to an activating group) is 1. The highest BCUT2D eigenvalue weighted by Gasteiger charge is 2.38. The normalized spacial score (nSPS) is 17.6. The highest BCUT2D eigenvalue weighted by molar-refractivity contribution is 6.22. The zero-order chi connectivity index (χ0) is 28.1. The highest BCUT2D eigenvalue weighted by atomic mass is 16.5. The number of carbonyl (C=O) groups is 2. The number of amides is 2. The number of piperidine rings is 1. The monoisotopic (exact) mass is 532 g/mol. The molecule has 0 spiro atoms. The van der Waals surface area contributed by atoms with Crippen molar-refractivity contribution in [2.75, 3.05) is 53.9 Å². The zero-order valence-corrected chi connectivity index (χ0v) is 23.0. The van der Waals surface area contributed by atoms with Gasteiger partial charge in [-0.3, -0.25) is 14.6 Å². The summed E-state index contributed by atoms with van der Waals surface area (Å²) in [6.45, 7) is 4.86. The van der Waals surface area contributed by atoms with Crippen LogP contribution in [0.2, 0.25) is 0 Å². The van der Waals surface area contributed by atoms with Gasteiger partial charge in [-0.15, -0.1) is 0 Å². The van der Waals surface area contributed by atoms with E-state index in [0.29, 0.717) is 49.6 Å². The van der Waals surface area contributed by atoms with Crippen molar-refractivity contribution < 1.29 is 14.3 Å². The first-order valence-electron chi connectivity index (χ1n) is 13.1. The summed E-state index contributed by atoms with van der Waals surface area (Å²) in [4.78, 5) is 35.7. The van der Waals surface area contributed by atoms with Gasteiger partial charge in [0.1, 0.15) is 22.9 Å². The van der Waals surface area contributed by atoms with Gasteiger partial charge in [0.2, 0.25) is 11.8 Å². The predicted octanol–water partition coefficient (Wildman–Crippen LogP) is 1.54. The molecule has 11 nitrogen and oxygen atoms in total. The molecule has 2 fully saturated rings. The lowest BCUT2D eigenvalue weighted by Gasteiger charge is -2.41. The largest absolute Gasteiger partial charge is 0.494 e. The van der Waals surface area contributed by atoms with Gasteiger partial charge in [0, 0.05) is 68.0 Å². The fourth-order valence-corrected chi connectivity index (χ4v) is 5.00. The van der Waals surface area contributed by atoms with Crippen LogP contribution < -0.4 is 10.5 Å². The maximum atomic E-state index is 13.0. The van der Waals surface area contributed by atoms with Gasteiger partial charge >= 0.3 is 0 Å². The lowest BCUT2D eigenvalue weighted by atomic mass is 9.96. The first kappa shape index (κ1) is 27.9. The molecule has 0 radical (unpaired) electrons. The van der Waals surface area contributed by atoms with E-state index in [2.05, 4.69) is 11.2 Å². The summed E-state index contributed by atoms with van der Waals surface area (Å²) in [5.74, 6) is 0.484. The Balaban J connectivity index is 1.34. The molecule has 2 saturated heterocycles. The fraction of sp³-hybridized carbons (Fsp3) is 0.464. The summed E-state index contributed by atoms with van der Waals surface area (Å²) in [5.41, 5.74) is 9.37. The van der Waals surface area contributed by atoms with Crippen LogP contribution in [0.5, 0.6) is 5.75 Å². The van der Waals surface area contributed by atoms with E-state index in [0.717, 1.165) is 29.7 Å². The number of pyridine rings is 1. The number of likely N-dealkylation sites (tertiary alicyclic amines) is 2. The lowest BCUT2D eigenvalue weighted by molar-refractivity contribution is -0.146. The quantitative estimate of drug-likeness (QED) is 0.403. The molecule has 2 aliphatic heterocycles. The third-order valence-corrected chi connectivity index (χ3v) is 7.21. The molecule has 206 valence electrons. The molecular weight excluding hydrogens is 496 g/mol. The summed E-state index contributed by atoms with van der Waals surface area (Å²) in [7, 11) is 5.45. The molecule has 4 heterocycles. The summed E-state index contributed by atoms with van der Waals surface area (Å²) >= 11 is 0. The smallest absolute Gasteiger partial charge is 0.246 e. The van der Waals surface area contributed by atoms with Crippen molar-refractivity contribution in [3.05, 3.63) is 47.9 Å². The van der Waals surface area contributed by atoms with Crippen LogP contribution in [0.3, 0.4) is 0 Å². The average molecular weight is 533 g/mol. The van der Waals surface area contributed by atoms with Crippen LogP contribution in [0.1, 0.15) is 30.9 Å². The Bertz CT molecular complexity index is 1350. The van der Waals surface area contributed by atoms with Crippen LogP contribution in [0.4, 0.5) is 0 Å². The van der Waals surface area contributed by atoms with Crippen molar-refractivity contribution in [3.8, 4) is 11.8 Å². The standard InChI is InChI=1S/C28H36N8O3/c1-19(24(14-30)20-12-25(39-4)27-21(13-29)15-31-36(27)18-20)32-23-7-10-34(11-8-23)28(38)22-16-35(17-22)26(37)6-5-9-33(2)3/h5-6,12,14-15,18,22-23H,7-11,16-17,30H2,1-4H3/b6-5+,24-14?,32-19?. The number of hydrogen-bond acceptors (Lipinski definition) is 8. The third-order valence-electron chi connectivity index (χ3n) is 7.21. The number of allylic oxidation sites excluding steroid dienone is 1. The van der Waals surface area contributed by atoms with E-state index in [1.807, 2.05) is 49.2 Å². The molecule has 2 N–H and O–H groups in total. The van der Waals surface area contributed by atoms with Crippen LogP contribution in [-0.2, 0) is 9.59 Å². The second-order valence-electron chi connectivity index (χ2n) is 10.2. The number of nitriles is 1. The van der Waals surface area contributed by atoms with Crippen molar-refractivity contribution in [1.29, 1.82) is 5.26 Å². The van der Waals surface area contributed by atoms with Crippen molar-refractivity contribution in [1.82, 2.24) is 24.3 Å². The molecular formula is C28H36N8O3. The number of aromatic nitrogens is 2. The minimum absolute atomic E-state index is 0.0389. The van der Waals surface area contributed by atoms with Gasteiger partial charge in [0.25, 0.3) is 0 Å². The number of rotatable bonds is 8. The van der Waals surface area contributed by atoms with E-state index in [1.165, 1.54) is 12.4 Å². The Morgan fingerprint density at radius 1 is 1.28 bits per heavy atom. The fourth-order valence-electron chi connectivity index (χ4n) is 5.00. The van der Waals surface area contributed by atoms with E-state index < -0.39 is 0 Å². The van der Waals surface area contributed by atoms with E-state index in [4.69, 9.17) is 15.5 Å². The first-order chi connectivity index (χ1) is 18.7. The minimum Gasteiger partial charge on any atom is -0.494 e. The van der Waals surface area contributed by atoms with Crippen molar-refractivity contribution in [3.63, 3.8) is 0 Å². The Hall–Kier alpha value is -4.17. The Kier molecular flexibility index (Phi) is 8.66. The third kappa shape index (κ3) is 6.12. The molecule has 0 unspecified atom stereocenters. The molecule has 2 aliphatic rings. The lowest BCUT2D eigenvalue weighted by Crippen LogP contribution is -2.57. The van der Waals surface area contributed by atoms with Gasteiger partial charge in [-0.25, -0.2) is 4.52 Å². The number of nitrogens with zero attached hydrogens (tertiary/aromatic N) is 7. The van der Waals surface area contributed by atoms with Crippen molar-refractivity contribution >= 4 is 28.6 Å². The Labute approximate surface area is 228 Å². The summed E-state index contributed by atoms with van der Waals surface area (Å²) in [6, 6.07) is 4.04. The molecule has 4 rings (SSSR count). The molecule has 39 heavy (non-hydrogen) atoms. The molecule has 2 aromatic heterocycles. The second kappa shape index (κ2) is 12.1. The number of ether oxygens (including phenoxy) is 1. The molecule has 0 saturated carbocycles. The molecule has 0 aromatic carbocycles. The summed E-state index contributed by atoms with van der Waals surface area (Å²) < 4.78 is 7.14. The number of hydrogen-bond donors (Lipinski definition) is 1. The van der Waals surface area contributed by atoms with Crippen LogP contribution >= 0.6 is 0 Å². The molecule has 2 amide bonds. The van der Waals surface area contributed by atoms with Gasteiger partial charge < -0.3 is 25.2 Å². The molecule has 2 aromatic rings. The van der Waals surface area contributed by atoms with Crippen LogP contribution in [-0.4, -0.2) is 102 Å². The molecule has 0 aliphatic carbocycles. The minimum atomic E-state index is -0.126. The van der Waals surface area contributed by atoms with Crippen LogP contribution in [0.15, 0.2) is 41.8 Å². The number of nitrogens with two attached hydrogens (primary N) is 1. The number of aliphatic imine (C=N–C) groups is 1. The zero-order valence-electron chi connectivity index (χ0n) is 23.0. The summed E-state index contributed by atoms with van der Waals surface area (Å²) in [6.07, 6.45) is 9.78. The van der Waals surface area contributed by atoms with E-state index in [-0.39, 0.29) is 23.8 Å². The Morgan fingerprint density at radius 2 is 2.00 bits per heavy atom. The van der Waals surface area contributed by atoms with E-state index in [9.17, 15) is 14.9 Å². The van der Waals surface area contributed by atoms with Gasteiger partial charge in [0.15, 0.2) is 0 Å². The Morgan fingerprint density at radius 3 is 2.62 bits per heavy atom. The molecule has 0 atom stereocenters. The first-order valence-corrected chi connectivity index (χ1v) is 13.1. The highest BCUT2D eigenvalue weighted by Crippen LogP contribution is 2.29. The number of methoxy groups -OCH3 is 1. The van der Waals surface area contributed by atoms with Crippen LogP contribution in [0.25, 0.3) is 11.1 Å². The predicted molar refractivity (Wildman–Crippen MR) is 149 cm³/mol. The van der Waals surface area contributed by atoms with Crippen molar-refractivity contribution in [2.45, 2.75) is 25.8 Å². The average Bonchev–Trinajstić information content (AvgIpc) is 3.31. The molecule has 11 heteroatoms. The second-order valence-corrected chi connectivity index (χ2v) is 10.2. The van der Waals surface area contributed by atoms with Gasteiger partial charge in [-0.05, 0) is 39.9 Å². The van der Waals surface area contributed by atoms with Gasteiger partial charge in [-0.1, -0.05) is 6.08 Å². The topological polar surface area (TPSA) is 133 Å². The van der Waals surface area contributed by atoms with E-state index in [1.54, 1.807) is 22.6 Å². The maximum Gasteiger partial charge on any atom is 0.246 e. The number of fused-ring (bicyclic) bond motifs is 1. The van der Waals surface area contributed by atoms with E-state index >= 15 is 0 Å². The molecule has 0 bridgehead atoms. The van der Waals surface area contributed by atoms with Crippen molar-refractivity contribution in [2.24, 2.45) is 16.6 Å². The number of carbonyl (C=O) groups excluding carboxylic acids is 2. The SMILES string of the molecule is COc1cc(C(=CN)C(C)=NC2CCN(C(=O)C3CN(C(=O)/C=C/CN(C)C)C3)CC2)cn2ncc(C#N)c12. The maximum absolute atomic E-state index is 13.0.